The lowest BCUT2D eigenvalue weighted by Gasteiger charge is -2.26. The van der Waals surface area contributed by atoms with Crippen LogP contribution in [-0.2, 0) is 59.2 Å². The molecule has 8 amide bonds. The summed E-state index contributed by atoms with van der Waals surface area (Å²) in [4.78, 5) is 145. The SMILES string of the molecule is CCC(=O)N1C[C@H](NC(=O)c2ccc(N)c(Cl)c2)C(=O)N(CC(=O)N[C@H]2CC(=O)OC2OCc2ccccc2)c2ccccc21.Nc1ccc(C(=O)N[C@H]2CN(C(=O)CO)c3ccccc3N(CC(=O)N[C@H](C=O)CC(=O)O)C2=O)cc1Cl. The van der Waals surface area contributed by atoms with E-state index in [4.69, 9.17) is 49.2 Å². The molecule has 5 atom stereocenters. The van der Waals surface area contributed by atoms with Crippen molar-refractivity contribution in [3.05, 3.63) is 142 Å². The number of benzene rings is 5. The number of carboxylic acids is 1. The van der Waals surface area contributed by atoms with Crippen LogP contribution in [0.25, 0.3) is 0 Å². The zero-order valence-corrected chi connectivity index (χ0v) is 45.7. The van der Waals surface area contributed by atoms with Crippen LogP contribution in [0.3, 0.4) is 0 Å². The van der Waals surface area contributed by atoms with Crippen LogP contribution in [0.15, 0.2) is 115 Å². The summed E-state index contributed by atoms with van der Waals surface area (Å²) in [5.74, 6) is -7.09. The first-order valence-electron chi connectivity index (χ1n) is 25.5. The molecule has 83 heavy (non-hydrogen) atoms. The van der Waals surface area contributed by atoms with Gasteiger partial charge in [-0.15, -0.1) is 0 Å². The van der Waals surface area contributed by atoms with Crippen molar-refractivity contribution in [2.24, 2.45) is 0 Å². The number of carbonyl (C=O) groups excluding carboxylic acids is 10. The van der Waals surface area contributed by atoms with Crippen LogP contribution in [-0.4, -0.2) is 139 Å². The lowest BCUT2D eigenvalue weighted by Crippen LogP contribution is -2.55. The summed E-state index contributed by atoms with van der Waals surface area (Å²) in [7, 11) is 0. The van der Waals surface area contributed by atoms with Crippen molar-refractivity contribution in [2.45, 2.75) is 63.3 Å². The van der Waals surface area contributed by atoms with Crippen LogP contribution in [0.2, 0.25) is 10.0 Å². The number of aliphatic hydroxyl groups is 1. The molecule has 5 aromatic rings. The van der Waals surface area contributed by atoms with Gasteiger partial charge in [0.25, 0.3) is 29.5 Å². The molecule has 10 N–H and O–H groups in total. The number of rotatable bonds is 18. The number of aliphatic hydroxyl groups excluding tert-OH is 1. The highest BCUT2D eigenvalue weighted by atomic mass is 35.5. The minimum absolute atomic E-state index is 0.0746. The Kier molecular flexibility index (Phi) is 20.5. The molecule has 8 rings (SSSR count). The largest absolute Gasteiger partial charge is 0.481 e. The molecule has 1 fully saturated rings. The fourth-order valence-electron chi connectivity index (χ4n) is 8.95. The molecule has 1 saturated heterocycles. The lowest BCUT2D eigenvalue weighted by molar-refractivity contribution is -0.168. The number of fused-ring (bicyclic) bond motifs is 2. The van der Waals surface area contributed by atoms with Crippen LogP contribution in [0, 0.1) is 0 Å². The van der Waals surface area contributed by atoms with Gasteiger partial charge in [0.15, 0.2) is 0 Å². The van der Waals surface area contributed by atoms with E-state index in [0.717, 1.165) is 15.4 Å². The van der Waals surface area contributed by atoms with E-state index in [-0.39, 0.29) is 88.7 Å². The molecule has 0 saturated carbocycles. The molecule has 0 aromatic heterocycles. The Labute approximate surface area is 483 Å². The van der Waals surface area contributed by atoms with Crippen molar-refractivity contribution in [3.8, 4) is 0 Å². The maximum Gasteiger partial charge on any atom is 0.310 e. The maximum absolute atomic E-state index is 14.0. The Bertz CT molecular complexity index is 3340. The maximum atomic E-state index is 14.0. The van der Waals surface area contributed by atoms with Gasteiger partial charge in [0.2, 0.25) is 24.0 Å². The second-order valence-corrected chi connectivity index (χ2v) is 19.6. The van der Waals surface area contributed by atoms with Gasteiger partial charge in [0.05, 0.1) is 82.7 Å². The van der Waals surface area contributed by atoms with Gasteiger partial charge in [-0.1, -0.05) is 84.7 Å². The van der Waals surface area contributed by atoms with Crippen molar-refractivity contribution in [2.75, 3.05) is 63.9 Å². The Morgan fingerprint density at radius 1 is 0.687 bits per heavy atom. The van der Waals surface area contributed by atoms with E-state index < -0.39 is 110 Å². The summed E-state index contributed by atoms with van der Waals surface area (Å²) >= 11 is 12.1. The molecule has 3 aliphatic heterocycles. The predicted octanol–water partition coefficient (Wildman–Crippen LogP) is 2.34. The minimum Gasteiger partial charge on any atom is -0.481 e. The fourth-order valence-corrected chi connectivity index (χ4v) is 9.31. The summed E-state index contributed by atoms with van der Waals surface area (Å²) in [5.41, 5.74) is 14.1. The number of amides is 8. The standard InChI is InChI=1S/C32H32ClN5O7.C24H24ClN5O8/c1-2-28(40)37-16-24(36-30(42)20-12-13-22(34)21(33)14-20)31(43)38(26-11-7-6-10-25(26)37)17-27(39)35-23-15-29(41)45-32(23)44-18-19-8-4-3-5-9-19;25-15-7-13(5-6-16(15)26)23(37)28-17-9-29(21(34)12-32)18-3-1-2-4-19(18)30(24(17)38)10-20(33)27-14(11-31)8-22(35)36/h3-14,23-24,32H,2,15-18,34H2,1H3,(H,35,39)(H,36,42);1-7,11,14,17,32H,8-10,12,26H2,(H,27,33)(H,28,37)(H,35,36)/t23-,24-,32?;14-,17-/m00/s1. The number of carboxylic acid groups (broad SMARTS) is 1. The van der Waals surface area contributed by atoms with E-state index in [9.17, 15) is 57.8 Å². The second kappa shape index (κ2) is 27.8. The molecule has 27 heteroatoms. The molecule has 3 aliphatic rings. The molecule has 0 bridgehead atoms. The molecular formula is C56H56Cl2N10O15. The number of para-hydroxylation sites is 4. The molecule has 0 radical (unpaired) electrons. The number of ether oxygens (including phenoxy) is 2. The highest BCUT2D eigenvalue weighted by molar-refractivity contribution is 6.34. The van der Waals surface area contributed by atoms with Gasteiger partial charge in [-0.2, -0.15) is 0 Å². The summed E-state index contributed by atoms with van der Waals surface area (Å²) in [6, 6.07) is 25.7. The number of halogens is 2. The molecule has 0 spiro atoms. The van der Waals surface area contributed by atoms with Gasteiger partial charge in [0, 0.05) is 17.5 Å². The van der Waals surface area contributed by atoms with Gasteiger partial charge >= 0.3 is 11.9 Å². The average Bonchev–Trinajstić information content (AvgIpc) is 4.01. The van der Waals surface area contributed by atoms with Gasteiger partial charge < -0.3 is 67.0 Å². The van der Waals surface area contributed by atoms with E-state index in [0.29, 0.717) is 11.4 Å². The highest BCUT2D eigenvalue weighted by Crippen LogP contribution is 2.35. The summed E-state index contributed by atoms with van der Waals surface area (Å²) < 4.78 is 11.1. The molecule has 25 nitrogen and oxygen atoms in total. The predicted molar refractivity (Wildman–Crippen MR) is 302 cm³/mol. The van der Waals surface area contributed by atoms with Crippen LogP contribution in [0.1, 0.15) is 52.5 Å². The van der Waals surface area contributed by atoms with Crippen molar-refractivity contribution in [1.29, 1.82) is 0 Å². The van der Waals surface area contributed by atoms with Crippen molar-refractivity contribution in [1.82, 2.24) is 21.3 Å². The van der Waals surface area contributed by atoms with Crippen LogP contribution < -0.4 is 52.3 Å². The smallest absolute Gasteiger partial charge is 0.310 e. The van der Waals surface area contributed by atoms with Crippen molar-refractivity contribution in [3.63, 3.8) is 0 Å². The van der Waals surface area contributed by atoms with E-state index in [2.05, 4.69) is 21.3 Å². The summed E-state index contributed by atoms with van der Waals surface area (Å²) in [6.45, 7) is -0.735. The van der Waals surface area contributed by atoms with Gasteiger partial charge in [-0.25, -0.2) is 0 Å². The third-order valence-corrected chi connectivity index (χ3v) is 13.7. The number of nitrogens with two attached hydrogens (primary N) is 2. The fraction of sp³-hybridized carbons (Fsp3) is 0.268. The number of esters is 1. The van der Waals surface area contributed by atoms with Crippen molar-refractivity contribution < 1.29 is 72.4 Å². The Balaban J connectivity index is 0.000000242. The van der Waals surface area contributed by atoms with Crippen LogP contribution >= 0.6 is 23.2 Å². The Morgan fingerprint density at radius 2 is 1.17 bits per heavy atom. The first-order chi connectivity index (χ1) is 39.7. The van der Waals surface area contributed by atoms with E-state index in [1.165, 1.54) is 58.3 Å². The summed E-state index contributed by atoms with van der Waals surface area (Å²) in [6.07, 6.45) is -1.41. The van der Waals surface area contributed by atoms with E-state index >= 15 is 0 Å². The lowest BCUT2D eigenvalue weighted by atomic mass is 10.1. The number of nitrogen functional groups attached to an aromatic ring is 2. The third kappa shape index (κ3) is 15.3. The zero-order chi connectivity index (χ0) is 60.1. The quantitative estimate of drug-likeness (QED) is 0.0355. The molecule has 0 aliphatic carbocycles. The molecule has 3 heterocycles. The van der Waals surface area contributed by atoms with Gasteiger partial charge in [-0.05, 0) is 66.2 Å². The van der Waals surface area contributed by atoms with Gasteiger partial charge in [0.1, 0.15) is 44.1 Å². The number of hydrogen-bond acceptors (Lipinski definition) is 16. The molecular weight excluding hydrogens is 1120 g/mol. The second-order valence-electron chi connectivity index (χ2n) is 18.8. The average molecular weight is 1180 g/mol. The van der Waals surface area contributed by atoms with E-state index in [1.807, 2.05) is 30.3 Å². The number of nitrogens with zero attached hydrogens (tertiary/aromatic N) is 4. The Hall–Kier alpha value is -9.43. The molecule has 1 unspecified atom stereocenters. The third-order valence-electron chi connectivity index (χ3n) is 13.0. The number of carbonyl (C=O) groups is 11. The minimum atomic E-state index is -1.38. The number of anilines is 6. The number of cyclic esters (lactones) is 1. The number of aliphatic carboxylic acids is 1. The van der Waals surface area contributed by atoms with Crippen LogP contribution in [0.5, 0.6) is 0 Å². The number of hydrogen-bond donors (Lipinski definition) is 8. The molecule has 434 valence electrons. The van der Waals surface area contributed by atoms with E-state index in [1.54, 1.807) is 43.3 Å². The first kappa shape index (κ1) is 61.2. The monoisotopic (exact) mass is 1180 g/mol. The zero-order valence-electron chi connectivity index (χ0n) is 44.2. The topological polar surface area (TPSA) is 360 Å². The highest BCUT2D eigenvalue weighted by Gasteiger charge is 2.41. The van der Waals surface area contributed by atoms with Gasteiger partial charge in [-0.3, -0.25) is 57.7 Å². The molecule has 5 aromatic carbocycles. The summed E-state index contributed by atoms with van der Waals surface area (Å²) in [5, 5.41) is 29.0. The Morgan fingerprint density at radius 3 is 1.64 bits per heavy atom. The van der Waals surface area contributed by atoms with Crippen LogP contribution in [0.4, 0.5) is 34.1 Å². The normalized spacial score (nSPS) is 17.7. The number of aldehydes is 1. The van der Waals surface area contributed by atoms with Crippen molar-refractivity contribution >= 4 is 123 Å². The number of nitrogens with one attached hydrogen (secondary N) is 4. The first-order valence-corrected chi connectivity index (χ1v) is 26.3.